The number of fused-ring (bicyclic) bond motifs is 2. The zero-order valence-electron chi connectivity index (χ0n) is 19.8. The highest BCUT2D eigenvalue weighted by atomic mass is 32.2. The standard InChI is InChI=1S/C26H22N4O4S2/c1-17-4-8-21(9-5-17)36(33,34)30-11-10-22-23(25(35(3,31)32)12-18(2)26(22)30)16-29-15-20-7-6-19(14-27)13-24(20)28-29/h4-13,15H,16H2,1-3H3. The molecule has 10 heteroatoms. The summed E-state index contributed by atoms with van der Waals surface area (Å²) in [4.78, 5) is 0.264. The third kappa shape index (κ3) is 3.96. The van der Waals surface area contributed by atoms with Gasteiger partial charge in [-0.15, -0.1) is 0 Å². The molecule has 36 heavy (non-hydrogen) atoms. The number of hydrogen-bond acceptors (Lipinski definition) is 6. The Morgan fingerprint density at radius 2 is 1.69 bits per heavy atom. The predicted octanol–water partition coefficient (Wildman–Crippen LogP) is 4.17. The molecule has 0 saturated carbocycles. The van der Waals surface area contributed by atoms with Gasteiger partial charge in [0.2, 0.25) is 0 Å². The van der Waals surface area contributed by atoms with E-state index < -0.39 is 19.9 Å². The van der Waals surface area contributed by atoms with E-state index in [1.54, 1.807) is 66.3 Å². The van der Waals surface area contributed by atoms with Crippen molar-refractivity contribution < 1.29 is 16.8 Å². The van der Waals surface area contributed by atoms with Crippen molar-refractivity contribution in [3.63, 3.8) is 0 Å². The quantitative estimate of drug-likeness (QED) is 0.345. The van der Waals surface area contributed by atoms with E-state index in [9.17, 15) is 22.1 Å². The summed E-state index contributed by atoms with van der Waals surface area (Å²) in [5.41, 5.74) is 3.42. The first-order chi connectivity index (χ1) is 17.0. The zero-order chi connectivity index (χ0) is 25.8. The molecule has 5 aromatic rings. The first-order valence-electron chi connectivity index (χ1n) is 11.0. The molecular weight excluding hydrogens is 496 g/mol. The third-order valence-corrected chi connectivity index (χ3v) is 9.03. The fourth-order valence-corrected chi connectivity index (χ4v) is 6.85. The van der Waals surface area contributed by atoms with Gasteiger partial charge in [-0.2, -0.15) is 10.4 Å². The second-order valence-corrected chi connectivity index (χ2v) is 12.6. The Bertz CT molecular complexity index is 1930. The normalized spacial score (nSPS) is 12.3. The van der Waals surface area contributed by atoms with Crippen molar-refractivity contribution in [1.29, 1.82) is 5.26 Å². The summed E-state index contributed by atoms with van der Waals surface area (Å²) in [7, 11) is -7.55. The number of rotatable bonds is 5. The smallest absolute Gasteiger partial charge is 0.267 e. The van der Waals surface area contributed by atoms with Gasteiger partial charge in [-0.3, -0.25) is 4.68 Å². The number of hydrogen-bond donors (Lipinski definition) is 0. The van der Waals surface area contributed by atoms with Crippen LogP contribution in [-0.4, -0.2) is 36.8 Å². The molecule has 0 bridgehead atoms. The molecule has 3 aromatic carbocycles. The second-order valence-electron chi connectivity index (χ2n) is 8.85. The van der Waals surface area contributed by atoms with Gasteiger partial charge in [0.05, 0.1) is 39.0 Å². The van der Waals surface area contributed by atoms with Crippen molar-refractivity contribution in [3.8, 4) is 6.07 Å². The molecule has 182 valence electrons. The summed E-state index contributed by atoms with van der Waals surface area (Å²) in [5.74, 6) is 0. The Kier molecular flexibility index (Phi) is 5.50. The van der Waals surface area contributed by atoms with E-state index in [-0.39, 0.29) is 16.3 Å². The lowest BCUT2D eigenvalue weighted by Gasteiger charge is -2.15. The van der Waals surface area contributed by atoms with E-state index >= 15 is 0 Å². The zero-order valence-corrected chi connectivity index (χ0v) is 21.4. The number of nitrogens with zero attached hydrogens (tertiary/aromatic N) is 4. The maximum absolute atomic E-state index is 13.5. The van der Waals surface area contributed by atoms with Crippen LogP contribution in [0.1, 0.15) is 22.3 Å². The highest BCUT2D eigenvalue weighted by Crippen LogP contribution is 2.33. The highest BCUT2D eigenvalue weighted by molar-refractivity contribution is 7.91. The first kappa shape index (κ1) is 23.8. The first-order valence-corrected chi connectivity index (χ1v) is 14.4. The molecule has 0 aliphatic heterocycles. The van der Waals surface area contributed by atoms with E-state index in [1.165, 1.54) is 16.2 Å². The lowest BCUT2D eigenvalue weighted by Crippen LogP contribution is -2.14. The van der Waals surface area contributed by atoms with E-state index in [2.05, 4.69) is 11.2 Å². The maximum Gasteiger partial charge on any atom is 0.268 e. The molecule has 2 heterocycles. The predicted molar refractivity (Wildman–Crippen MR) is 137 cm³/mol. The summed E-state index contributed by atoms with van der Waals surface area (Å²) in [6, 6.07) is 17.0. The highest BCUT2D eigenvalue weighted by Gasteiger charge is 2.25. The molecule has 0 aliphatic carbocycles. The monoisotopic (exact) mass is 518 g/mol. The molecule has 0 spiro atoms. The van der Waals surface area contributed by atoms with Gasteiger partial charge < -0.3 is 0 Å². The van der Waals surface area contributed by atoms with Crippen LogP contribution in [0.5, 0.6) is 0 Å². The van der Waals surface area contributed by atoms with Crippen LogP contribution >= 0.6 is 0 Å². The van der Waals surface area contributed by atoms with Gasteiger partial charge in [0, 0.05) is 35.0 Å². The molecule has 0 unspecified atom stereocenters. The lowest BCUT2D eigenvalue weighted by atomic mass is 10.1. The lowest BCUT2D eigenvalue weighted by molar-refractivity contribution is 0.589. The van der Waals surface area contributed by atoms with E-state index in [1.807, 2.05) is 6.92 Å². The molecule has 0 saturated heterocycles. The fourth-order valence-electron chi connectivity index (χ4n) is 4.43. The van der Waals surface area contributed by atoms with E-state index in [4.69, 9.17) is 0 Å². The van der Waals surface area contributed by atoms with Crippen molar-refractivity contribution in [2.75, 3.05) is 6.26 Å². The Morgan fingerprint density at radius 1 is 0.972 bits per heavy atom. The third-order valence-electron chi connectivity index (χ3n) is 6.18. The molecule has 0 N–H and O–H groups in total. The van der Waals surface area contributed by atoms with Crippen molar-refractivity contribution in [2.45, 2.75) is 30.2 Å². The maximum atomic E-state index is 13.5. The van der Waals surface area contributed by atoms with Crippen LogP contribution in [0.2, 0.25) is 0 Å². The molecule has 8 nitrogen and oxygen atoms in total. The minimum Gasteiger partial charge on any atom is -0.267 e. The van der Waals surface area contributed by atoms with Gasteiger partial charge in [0.1, 0.15) is 0 Å². The van der Waals surface area contributed by atoms with Crippen LogP contribution in [0.3, 0.4) is 0 Å². The van der Waals surface area contributed by atoms with Crippen molar-refractivity contribution in [2.24, 2.45) is 0 Å². The van der Waals surface area contributed by atoms with Crippen molar-refractivity contribution >= 4 is 41.7 Å². The fraction of sp³-hybridized carbons (Fsp3) is 0.154. The van der Waals surface area contributed by atoms with Gasteiger partial charge in [-0.1, -0.05) is 17.7 Å². The van der Waals surface area contributed by atoms with Crippen LogP contribution in [0.4, 0.5) is 0 Å². The summed E-state index contributed by atoms with van der Waals surface area (Å²) >= 11 is 0. The van der Waals surface area contributed by atoms with E-state index in [0.717, 1.165) is 17.2 Å². The molecule has 0 atom stereocenters. The number of nitriles is 1. The van der Waals surface area contributed by atoms with Gasteiger partial charge in [-0.05, 0) is 61.9 Å². The van der Waals surface area contributed by atoms with Crippen LogP contribution in [0.15, 0.2) is 76.8 Å². The van der Waals surface area contributed by atoms with Crippen LogP contribution in [0.25, 0.3) is 21.8 Å². The summed E-state index contributed by atoms with van der Waals surface area (Å²) < 4.78 is 55.3. The van der Waals surface area contributed by atoms with Crippen molar-refractivity contribution in [1.82, 2.24) is 13.8 Å². The van der Waals surface area contributed by atoms with E-state index in [0.29, 0.717) is 33.1 Å². The molecular formula is C26H22N4O4S2. The molecule has 0 aliphatic rings. The Balaban J connectivity index is 1.73. The molecule has 0 fully saturated rings. The van der Waals surface area contributed by atoms with Crippen LogP contribution < -0.4 is 0 Å². The van der Waals surface area contributed by atoms with Gasteiger partial charge in [0.15, 0.2) is 9.84 Å². The number of benzene rings is 3. The largest absolute Gasteiger partial charge is 0.268 e. The summed E-state index contributed by atoms with van der Waals surface area (Å²) in [5, 5.41) is 15.0. The van der Waals surface area contributed by atoms with Gasteiger partial charge in [-0.25, -0.2) is 20.8 Å². The number of aryl methyl sites for hydroxylation is 2. The van der Waals surface area contributed by atoms with Gasteiger partial charge >= 0.3 is 0 Å². The molecule has 2 aromatic heterocycles. The summed E-state index contributed by atoms with van der Waals surface area (Å²) in [6.45, 7) is 3.68. The average molecular weight is 519 g/mol. The average Bonchev–Trinajstić information content (AvgIpc) is 3.44. The minimum atomic E-state index is -3.91. The Morgan fingerprint density at radius 3 is 2.36 bits per heavy atom. The van der Waals surface area contributed by atoms with Gasteiger partial charge in [0.25, 0.3) is 10.0 Å². The molecule has 0 radical (unpaired) electrons. The molecule has 5 rings (SSSR count). The SMILES string of the molecule is Cc1ccc(S(=O)(=O)n2ccc3c(Cn4cc5ccc(C#N)cc5n4)c(S(C)(=O)=O)cc(C)c32)cc1. The van der Waals surface area contributed by atoms with Crippen molar-refractivity contribution in [3.05, 3.63) is 89.2 Å². The second kappa shape index (κ2) is 8.33. The van der Waals surface area contributed by atoms with Crippen LogP contribution in [-0.2, 0) is 26.4 Å². The Labute approximate surface area is 209 Å². The number of sulfone groups is 1. The number of aromatic nitrogens is 3. The Hall–Kier alpha value is -3.94. The topological polar surface area (TPSA) is 115 Å². The van der Waals surface area contributed by atoms with Crippen LogP contribution in [0, 0.1) is 25.2 Å². The summed E-state index contributed by atoms with van der Waals surface area (Å²) in [6.07, 6.45) is 4.37. The minimum absolute atomic E-state index is 0.102. The molecule has 0 amide bonds.